The van der Waals surface area contributed by atoms with E-state index in [4.69, 9.17) is 5.11 Å². The van der Waals surface area contributed by atoms with Gasteiger partial charge in [0, 0.05) is 12.6 Å². The van der Waals surface area contributed by atoms with Crippen LogP contribution in [0.3, 0.4) is 0 Å². The van der Waals surface area contributed by atoms with Crippen molar-refractivity contribution in [1.82, 2.24) is 4.90 Å². The molecule has 1 aromatic carbocycles. The van der Waals surface area contributed by atoms with Crippen molar-refractivity contribution in [2.24, 2.45) is 5.92 Å². The van der Waals surface area contributed by atoms with Crippen molar-refractivity contribution in [2.75, 3.05) is 13.2 Å². The van der Waals surface area contributed by atoms with Crippen molar-refractivity contribution < 1.29 is 10.2 Å². The van der Waals surface area contributed by atoms with Crippen LogP contribution in [0.15, 0.2) is 24.3 Å². The number of nitrogens with zero attached hydrogens (tertiary/aromatic N) is 1. The van der Waals surface area contributed by atoms with Crippen LogP contribution in [-0.2, 0) is 13.2 Å². The van der Waals surface area contributed by atoms with E-state index in [-0.39, 0.29) is 13.2 Å². The van der Waals surface area contributed by atoms with E-state index in [9.17, 15) is 5.11 Å². The number of hydrogen-bond donors (Lipinski definition) is 2. The lowest BCUT2D eigenvalue weighted by molar-refractivity contribution is 0.134. The van der Waals surface area contributed by atoms with Crippen molar-refractivity contribution in [2.45, 2.75) is 32.5 Å². The molecule has 94 valence electrons. The van der Waals surface area contributed by atoms with Gasteiger partial charge in [-0.05, 0) is 30.0 Å². The molecule has 1 aliphatic heterocycles. The second kappa shape index (κ2) is 5.63. The summed E-state index contributed by atoms with van der Waals surface area (Å²) in [7, 11) is 0. The van der Waals surface area contributed by atoms with Gasteiger partial charge in [-0.25, -0.2) is 0 Å². The second-order valence-electron chi connectivity index (χ2n) is 4.96. The Morgan fingerprint density at radius 1 is 1.18 bits per heavy atom. The fraction of sp³-hybridized carbons (Fsp3) is 0.571. The van der Waals surface area contributed by atoms with Crippen molar-refractivity contribution in [3.05, 3.63) is 35.4 Å². The lowest BCUT2D eigenvalue weighted by Crippen LogP contribution is -2.34. The summed E-state index contributed by atoms with van der Waals surface area (Å²) in [5.41, 5.74) is 2.19. The predicted molar refractivity (Wildman–Crippen MR) is 67.4 cm³/mol. The van der Waals surface area contributed by atoms with E-state index in [0.29, 0.717) is 12.0 Å². The number of aliphatic hydroxyl groups is 2. The number of benzene rings is 1. The Hall–Kier alpha value is -0.900. The highest BCUT2D eigenvalue weighted by atomic mass is 16.3. The highest BCUT2D eigenvalue weighted by molar-refractivity contribution is 5.22. The summed E-state index contributed by atoms with van der Waals surface area (Å²) in [6.07, 6.45) is 1.17. The monoisotopic (exact) mass is 235 g/mol. The van der Waals surface area contributed by atoms with E-state index in [1.54, 1.807) is 0 Å². The van der Waals surface area contributed by atoms with Crippen molar-refractivity contribution in [1.29, 1.82) is 0 Å². The highest BCUT2D eigenvalue weighted by Crippen LogP contribution is 2.25. The lowest BCUT2D eigenvalue weighted by Gasteiger charge is -2.25. The van der Waals surface area contributed by atoms with Gasteiger partial charge in [0.15, 0.2) is 0 Å². The van der Waals surface area contributed by atoms with Crippen molar-refractivity contribution >= 4 is 0 Å². The summed E-state index contributed by atoms with van der Waals surface area (Å²) in [4.78, 5) is 2.35. The first-order chi connectivity index (χ1) is 8.24. The normalized spacial score (nSPS) is 25.4. The summed E-state index contributed by atoms with van der Waals surface area (Å²) in [6.45, 7) is 4.50. The molecule has 1 aliphatic rings. The van der Waals surface area contributed by atoms with Gasteiger partial charge in [0.25, 0.3) is 0 Å². The smallest absolute Gasteiger partial charge is 0.0681 e. The third-order valence-corrected chi connectivity index (χ3v) is 3.78. The molecule has 0 aliphatic carbocycles. The van der Waals surface area contributed by atoms with Crippen LogP contribution >= 0.6 is 0 Å². The Labute approximate surface area is 103 Å². The Morgan fingerprint density at radius 3 is 2.41 bits per heavy atom. The Balaban J connectivity index is 2.00. The molecular formula is C14H21NO2. The zero-order chi connectivity index (χ0) is 12.3. The molecule has 2 unspecified atom stereocenters. The largest absolute Gasteiger partial charge is 0.395 e. The summed E-state index contributed by atoms with van der Waals surface area (Å²) in [6, 6.07) is 8.34. The van der Waals surface area contributed by atoms with Crippen LogP contribution in [0, 0.1) is 5.92 Å². The number of hydrogen-bond acceptors (Lipinski definition) is 3. The Bertz CT molecular complexity index is 350. The van der Waals surface area contributed by atoms with Crippen LogP contribution in [0.5, 0.6) is 0 Å². The van der Waals surface area contributed by atoms with Gasteiger partial charge in [0.1, 0.15) is 0 Å². The van der Waals surface area contributed by atoms with Crippen LogP contribution in [0.1, 0.15) is 24.5 Å². The number of aliphatic hydroxyl groups excluding tert-OH is 2. The summed E-state index contributed by atoms with van der Waals surface area (Å²) < 4.78 is 0. The second-order valence-corrected chi connectivity index (χ2v) is 4.96. The molecule has 0 aromatic heterocycles. The van der Waals surface area contributed by atoms with E-state index < -0.39 is 0 Å². The van der Waals surface area contributed by atoms with Gasteiger partial charge in [0.05, 0.1) is 13.2 Å². The third-order valence-electron chi connectivity index (χ3n) is 3.78. The molecule has 1 aromatic rings. The molecule has 2 N–H and O–H groups in total. The fourth-order valence-electron chi connectivity index (χ4n) is 2.56. The molecule has 0 amide bonds. The molecule has 0 saturated carbocycles. The molecule has 1 fully saturated rings. The minimum absolute atomic E-state index is 0.0975. The Morgan fingerprint density at radius 2 is 1.82 bits per heavy atom. The summed E-state index contributed by atoms with van der Waals surface area (Å²) in [5.74, 6) is 0.580. The minimum atomic E-state index is 0.0975. The first-order valence-electron chi connectivity index (χ1n) is 6.28. The number of rotatable bonds is 4. The minimum Gasteiger partial charge on any atom is -0.395 e. The molecular weight excluding hydrogens is 214 g/mol. The molecule has 0 radical (unpaired) electrons. The molecule has 3 heteroatoms. The van der Waals surface area contributed by atoms with Crippen LogP contribution in [0.25, 0.3) is 0 Å². The van der Waals surface area contributed by atoms with Gasteiger partial charge >= 0.3 is 0 Å². The van der Waals surface area contributed by atoms with Crippen molar-refractivity contribution in [3.8, 4) is 0 Å². The van der Waals surface area contributed by atoms with Crippen LogP contribution in [-0.4, -0.2) is 34.3 Å². The van der Waals surface area contributed by atoms with Gasteiger partial charge < -0.3 is 10.2 Å². The van der Waals surface area contributed by atoms with Gasteiger partial charge in [-0.2, -0.15) is 0 Å². The molecule has 0 spiro atoms. The van der Waals surface area contributed by atoms with E-state index >= 15 is 0 Å². The standard InChI is InChI=1S/C14H21NO2/c1-11-6-7-15(14(11)10-17)8-12-2-4-13(9-16)5-3-12/h2-5,11,14,16-17H,6-10H2,1H3. The van der Waals surface area contributed by atoms with Crippen LogP contribution < -0.4 is 0 Å². The third kappa shape index (κ3) is 2.86. The maximum Gasteiger partial charge on any atom is 0.0681 e. The molecule has 1 saturated heterocycles. The SMILES string of the molecule is CC1CCN(Cc2ccc(CO)cc2)C1CO. The van der Waals surface area contributed by atoms with E-state index in [1.165, 1.54) is 12.0 Å². The molecule has 1 heterocycles. The summed E-state index contributed by atoms with van der Waals surface area (Å²) in [5, 5.41) is 18.4. The quantitative estimate of drug-likeness (QED) is 0.828. The highest BCUT2D eigenvalue weighted by Gasteiger charge is 2.30. The predicted octanol–water partition coefficient (Wildman–Crippen LogP) is 1.38. The van der Waals surface area contributed by atoms with Gasteiger partial charge in [-0.1, -0.05) is 31.2 Å². The molecule has 2 atom stereocenters. The maximum atomic E-state index is 9.39. The first-order valence-corrected chi connectivity index (χ1v) is 6.28. The van der Waals surface area contributed by atoms with Crippen LogP contribution in [0.4, 0.5) is 0 Å². The molecule has 17 heavy (non-hydrogen) atoms. The van der Waals surface area contributed by atoms with Crippen LogP contribution in [0.2, 0.25) is 0 Å². The zero-order valence-electron chi connectivity index (χ0n) is 10.3. The number of likely N-dealkylation sites (tertiary alicyclic amines) is 1. The maximum absolute atomic E-state index is 9.39. The Kier molecular flexibility index (Phi) is 4.15. The summed E-state index contributed by atoms with van der Waals surface area (Å²) >= 11 is 0. The van der Waals surface area contributed by atoms with Crippen molar-refractivity contribution in [3.63, 3.8) is 0 Å². The lowest BCUT2D eigenvalue weighted by atomic mass is 10.0. The van der Waals surface area contributed by atoms with Gasteiger partial charge in [-0.15, -0.1) is 0 Å². The molecule has 3 nitrogen and oxygen atoms in total. The topological polar surface area (TPSA) is 43.7 Å². The average Bonchev–Trinajstić information content (AvgIpc) is 2.71. The van der Waals surface area contributed by atoms with E-state index in [1.807, 2.05) is 12.1 Å². The van der Waals surface area contributed by atoms with E-state index in [0.717, 1.165) is 18.7 Å². The first kappa shape index (κ1) is 12.6. The van der Waals surface area contributed by atoms with Gasteiger partial charge in [0.2, 0.25) is 0 Å². The molecule has 2 rings (SSSR count). The molecule has 0 bridgehead atoms. The fourth-order valence-corrected chi connectivity index (χ4v) is 2.56. The van der Waals surface area contributed by atoms with Gasteiger partial charge in [-0.3, -0.25) is 4.90 Å². The zero-order valence-corrected chi connectivity index (χ0v) is 10.3. The van der Waals surface area contributed by atoms with E-state index in [2.05, 4.69) is 24.0 Å². The average molecular weight is 235 g/mol.